The second-order valence-corrected chi connectivity index (χ2v) is 5.94. The molecule has 0 atom stereocenters. The van der Waals surface area contributed by atoms with E-state index in [2.05, 4.69) is 29.2 Å². The Balaban J connectivity index is 1.63. The van der Waals surface area contributed by atoms with Crippen molar-refractivity contribution < 1.29 is 4.79 Å². The minimum absolute atomic E-state index is 0.00413. The van der Waals surface area contributed by atoms with Gasteiger partial charge in [0.2, 0.25) is 0 Å². The Bertz CT molecular complexity index is 588. The van der Waals surface area contributed by atoms with Gasteiger partial charge < -0.3 is 10.6 Å². The van der Waals surface area contributed by atoms with Crippen LogP contribution in [-0.4, -0.2) is 28.9 Å². The second kappa shape index (κ2) is 5.63. The Kier molecular flexibility index (Phi) is 3.69. The van der Waals surface area contributed by atoms with Gasteiger partial charge in [0.15, 0.2) is 5.13 Å². The summed E-state index contributed by atoms with van der Waals surface area (Å²) in [5.74, 6) is 0.560. The molecule has 2 aromatic rings. The molecule has 4 nitrogen and oxygen atoms in total. The topological polar surface area (TPSA) is 59.2 Å². The zero-order chi connectivity index (χ0) is 13.9. The molecule has 2 N–H and O–H groups in total. The molecule has 0 radical (unpaired) electrons. The first-order valence-electron chi connectivity index (χ1n) is 6.79. The summed E-state index contributed by atoms with van der Waals surface area (Å²) in [6, 6.07) is 10.5. The normalized spacial score (nSPS) is 16.3. The smallest absolute Gasteiger partial charge is 0.273 e. The fraction of sp³-hybridized carbons (Fsp3) is 0.333. The minimum Gasteiger partial charge on any atom is -0.375 e. The first-order chi connectivity index (χ1) is 9.74. The van der Waals surface area contributed by atoms with Gasteiger partial charge in [0.1, 0.15) is 5.69 Å². The number of carbonyl (C=O) groups is 1. The standard InChI is InChI=1S/C15H17N3OS/c16-15-17-13(10-20-15)14(19)18-8-6-12(7-9-18)11-4-2-1-3-5-11/h1-5,10,12H,6-9H2,(H2,16,17). The predicted molar refractivity (Wildman–Crippen MR) is 80.8 cm³/mol. The van der Waals surface area contributed by atoms with Crippen LogP contribution in [0, 0.1) is 0 Å². The molecule has 0 spiro atoms. The van der Waals surface area contributed by atoms with Crippen LogP contribution in [0.1, 0.15) is 34.8 Å². The molecule has 20 heavy (non-hydrogen) atoms. The summed E-state index contributed by atoms with van der Waals surface area (Å²) >= 11 is 1.31. The molecule has 1 aromatic heterocycles. The number of nitrogen functional groups attached to an aromatic ring is 1. The zero-order valence-corrected chi connectivity index (χ0v) is 12.0. The van der Waals surface area contributed by atoms with Crippen LogP contribution in [0.3, 0.4) is 0 Å². The Morgan fingerprint density at radius 2 is 1.95 bits per heavy atom. The van der Waals surface area contributed by atoms with Gasteiger partial charge in [-0.1, -0.05) is 30.3 Å². The lowest BCUT2D eigenvalue weighted by atomic mass is 9.89. The molecule has 0 bridgehead atoms. The molecule has 104 valence electrons. The van der Waals surface area contributed by atoms with Gasteiger partial charge in [-0.2, -0.15) is 0 Å². The van der Waals surface area contributed by atoms with Crippen molar-refractivity contribution in [2.24, 2.45) is 0 Å². The zero-order valence-electron chi connectivity index (χ0n) is 11.2. The molecule has 0 saturated carbocycles. The van der Waals surface area contributed by atoms with E-state index < -0.39 is 0 Å². The molecule has 1 fully saturated rings. The summed E-state index contributed by atoms with van der Waals surface area (Å²) in [5, 5.41) is 2.19. The lowest BCUT2D eigenvalue weighted by Crippen LogP contribution is -2.38. The molecule has 0 unspecified atom stereocenters. The van der Waals surface area contributed by atoms with Crippen LogP contribution in [0.25, 0.3) is 0 Å². The van der Waals surface area contributed by atoms with Crippen molar-refractivity contribution in [2.75, 3.05) is 18.8 Å². The maximum absolute atomic E-state index is 12.3. The Labute approximate surface area is 122 Å². The van der Waals surface area contributed by atoms with Gasteiger partial charge in [-0.15, -0.1) is 11.3 Å². The highest BCUT2D eigenvalue weighted by atomic mass is 32.1. The number of piperidine rings is 1. The molecule has 3 rings (SSSR count). The summed E-state index contributed by atoms with van der Waals surface area (Å²) in [4.78, 5) is 18.2. The van der Waals surface area contributed by atoms with Gasteiger partial charge in [0.25, 0.3) is 5.91 Å². The molecular formula is C15H17N3OS. The summed E-state index contributed by atoms with van der Waals surface area (Å²) in [6.45, 7) is 1.58. The van der Waals surface area contributed by atoms with Crippen LogP contribution in [-0.2, 0) is 0 Å². The summed E-state index contributed by atoms with van der Waals surface area (Å²) in [7, 11) is 0. The molecule has 2 heterocycles. The summed E-state index contributed by atoms with van der Waals surface area (Å²) in [5.41, 5.74) is 7.43. The Morgan fingerprint density at radius 1 is 1.25 bits per heavy atom. The number of nitrogens with zero attached hydrogens (tertiary/aromatic N) is 2. The number of anilines is 1. The SMILES string of the molecule is Nc1nc(C(=O)N2CCC(c3ccccc3)CC2)cs1. The van der Waals surface area contributed by atoms with E-state index >= 15 is 0 Å². The Morgan fingerprint density at radius 3 is 2.55 bits per heavy atom. The van der Waals surface area contributed by atoms with Crippen molar-refractivity contribution in [2.45, 2.75) is 18.8 Å². The largest absolute Gasteiger partial charge is 0.375 e. The number of thiazole rings is 1. The maximum Gasteiger partial charge on any atom is 0.273 e. The van der Waals surface area contributed by atoms with Gasteiger partial charge in [-0.25, -0.2) is 4.98 Å². The van der Waals surface area contributed by atoms with Gasteiger partial charge >= 0.3 is 0 Å². The van der Waals surface area contributed by atoms with Crippen molar-refractivity contribution in [3.05, 3.63) is 47.0 Å². The summed E-state index contributed by atoms with van der Waals surface area (Å²) < 4.78 is 0. The monoisotopic (exact) mass is 287 g/mol. The Hall–Kier alpha value is -1.88. The minimum atomic E-state index is 0.00413. The average molecular weight is 287 g/mol. The lowest BCUT2D eigenvalue weighted by molar-refractivity contribution is 0.0708. The van der Waals surface area contributed by atoms with E-state index in [0.29, 0.717) is 16.7 Å². The van der Waals surface area contributed by atoms with Crippen LogP contribution in [0.4, 0.5) is 5.13 Å². The molecule has 1 aliphatic heterocycles. The van der Waals surface area contributed by atoms with E-state index in [1.165, 1.54) is 16.9 Å². The molecule has 1 amide bonds. The van der Waals surface area contributed by atoms with Crippen LogP contribution >= 0.6 is 11.3 Å². The van der Waals surface area contributed by atoms with Gasteiger partial charge in [-0.05, 0) is 24.3 Å². The second-order valence-electron chi connectivity index (χ2n) is 5.05. The third kappa shape index (κ3) is 2.67. The average Bonchev–Trinajstić information content (AvgIpc) is 2.94. The van der Waals surface area contributed by atoms with Crippen molar-refractivity contribution in [1.29, 1.82) is 0 Å². The van der Waals surface area contributed by atoms with Crippen molar-refractivity contribution in [1.82, 2.24) is 9.88 Å². The lowest BCUT2D eigenvalue weighted by Gasteiger charge is -2.31. The molecule has 1 aromatic carbocycles. The highest BCUT2D eigenvalue weighted by molar-refractivity contribution is 7.13. The van der Waals surface area contributed by atoms with E-state index in [4.69, 9.17) is 5.73 Å². The van der Waals surface area contributed by atoms with Crippen molar-refractivity contribution in [3.63, 3.8) is 0 Å². The first kappa shape index (κ1) is 13.1. The molecule has 5 heteroatoms. The van der Waals surface area contributed by atoms with Gasteiger partial charge in [0.05, 0.1) is 0 Å². The molecule has 0 aliphatic carbocycles. The third-order valence-electron chi connectivity index (χ3n) is 3.79. The fourth-order valence-corrected chi connectivity index (χ4v) is 3.23. The van der Waals surface area contributed by atoms with Crippen LogP contribution in [0.2, 0.25) is 0 Å². The van der Waals surface area contributed by atoms with E-state index in [-0.39, 0.29) is 5.91 Å². The van der Waals surface area contributed by atoms with E-state index in [1.807, 2.05) is 11.0 Å². The number of likely N-dealkylation sites (tertiary alicyclic amines) is 1. The maximum atomic E-state index is 12.3. The molecule has 1 aliphatic rings. The number of hydrogen-bond donors (Lipinski definition) is 1. The predicted octanol–water partition coefficient (Wildman–Crippen LogP) is 2.75. The van der Waals surface area contributed by atoms with Crippen LogP contribution in [0.15, 0.2) is 35.7 Å². The molecule has 1 saturated heterocycles. The number of rotatable bonds is 2. The molecular weight excluding hydrogens is 270 g/mol. The van der Waals surface area contributed by atoms with Gasteiger partial charge in [-0.3, -0.25) is 4.79 Å². The van der Waals surface area contributed by atoms with Gasteiger partial charge in [0, 0.05) is 18.5 Å². The summed E-state index contributed by atoms with van der Waals surface area (Å²) in [6.07, 6.45) is 2.02. The third-order valence-corrected chi connectivity index (χ3v) is 4.47. The van der Waals surface area contributed by atoms with Crippen LogP contribution in [0.5, 0.6) is 0 Å². The number of carbonyl (C=O) groups excluding carboxylic acids is 1. The highest BCUT2D eigenvalue weighted by Crippen LogP contribution is 2.28. The quantitative estimate of drug-likeness (QED) is 0.924. The van der Waals surface area contributed by atoms with E-state index in [1.54, 1.807) is 5.38 Å². The number of aromatic nitrogens is 1. The highest BCUT2D eigenvalue weighted by Gasteiger charge is 2.25. The number of nitrogens with two attached hydrogens (primary N) is 1. The van der Waals surface area contributed by atoms with E-state index in [9.17, 15) is 4.79 Å². The first-order valence-corrected chi connectivity index (χ1v) is 7.67. The number of benzene rings is 1. The fourth-order valence-electron chi connectivity index (χ4n) is 2.69. The van der Waals surface area contributed by atoms with Crippen molar-refractivity contribution >= 4 is 22.4 Å². The number of amides is 1. The van der Waals surface area contributed by atoms with Crippen molar-refractivity contribution in [3.8, 4) is 0 Å². The van der Waals surface area contributed by atoms with Crippen LogP contribution < -0.4 is 5.73 Å². The number of hydrogen-bond acceptors (Lipinski definition) is 4. The van der Waals surface area contributed by atoms with E-state index in [0.717, 1.165) is 25.9 Å².